The van der Waals surface area contributed by atoms with Crippen LogP contribution in [0.15, 0.2) is 23.0 Å². The Kier molecular flexibility index (Phi) is 3.00. The number of aryl methyl sites for hydroxylation is 1. The molecule has 2 rings (SSSR count). The zero-order valence-electron chi connectivity index (χ0n) is 9.10. The van der Waals surface area contributed by atoms with Crippen LogP contribution in [0, 0.1) is 6.92 Å². The van der Waals surface area contributed by atoms with Gasteiger partial charge in [-0.15, -0.1) is 0 Å². The van der Waals surface area contributed by atoms with Crippen LogP contribution in [-0.4, -0.2) is 22.1 Å². The molecule has 6 heteroatoms. The van der Waals surface area contributed by atoms with Crippen LogP contribution in [0.5, 0.6) is 5.88 Å². The van der Waals surface area contributed by atoms with Gasteiger partial charge in [-0.1, -0.05) is 0 Å². The summed E-state index contributed by atoms with van der Waals surface area (Å²) in [6.07, 6.45) is 3.11. The summed E-state index contributed by atoms with van der Waals surface area (Å²) in [5.74, 6) is 2.59. The van der Waals surface area contributed by atoms with Crippen LogP contribution >= 0.6 is 0 Å². The number of oxazole rings is 1. The van der Waals surface area contributed by atoms with Crippen molar-refractivity contribution in [3.05, 3.63) is 30.2 Å². The first kappa shape index (κ1) is 10.4. The Bertz CT molecular complexity index is 469. The Balaban J connectivity index is 1.99. The van der Waals surface area contributed by atoms with E-state index in [4.69, 9.17) is 9.15 Å². The van der Waals surface area contributed by atoms with E-state index in [1.54, 1.807) is 19.4 Å². The third kappa shape index (κ3) is 2.47. The zero-order chi connectivity index (χ0) is 11.4. The van der Waals surface area contributed by atoms with Crippen LogP contribution in [0.1, 0.15) is 11.7 Å². The molecule has 0 radical (unpaired) electrons. The van der Waals surface area contributed by atoms with Crippen LogP contribution < -0.4 is 10.1 Å². The minimum atomic E-state index is 0.480. The van der Waals surface area contributed by atoms with Crippen molar-refractivity contribution in [3.8, 4) is 5.88 Å². The average Bonchev–Trinajstić information content (AvgIpc) is 2.73. The van der Waals surface area contributed by atoms with Gasteiger partial charge < -0.3 is 14.5 Å². The molecule has 0 unspecified atom stereocenters. The minimum absolute atomic E-state index is 0.480. The van der Waals surface area contributed by atoms with Gasteiger partial charge in [-0.2, -0.15) is 0 Å². The highest BCUT2D eigenvalue weighted by Crippen LogP contribution is 2.11. The molecule has 0 atom stereocenters. The maximum Gasteiger partial charge on any atom is 0.218 e. The molecule has 0 saturated carbocycles. The van der Waals surface area contributed by atoms with Crippen LogP contribution in [-0.2, 0) is 6.54 Å². The number of methoxy groups -OCH3 is 1. The van der Waals surface area contributed by atoms with E-state index in [0.717, 1.165) is 5.76 Å². The van der Waals surface area contributed by atoms with Gasteiger partial charge in [0, 0.05) is 6.07 Å². The number of hydrogen-bond acceptors (Lipinski definition) is 6. The van der Waals surface area contributed by atoms with Gasteiger partial charge in [0.05, 0.1) is 19.9 Å². The SMILES string of the molecule is COc1cc(NCc2ncc(C)o2)ncn1. The summed E-state index contributed by atoms with van der Waals surface area (Å²) in [5.41, 5.74) is 0. The summed E-state index contributed by atoms with van der Waals surface area (Å²) in [6.45, 7) is 2.33. The van der Waals surface area contributed by atoms with Gasteiger partial charge in [0.2, 0.25) is 11.8 Å². The minimum Gasteiger partial charge on any atom is -0.481 e. The zero-order valence-corrected chi connectivity index (χ0v) is 9.10. The molecule has 2 heterocycles. The van der Waals surface area contributed by atoms with Gasteiger partial charge in [-0.05, 0) is 6.92 Å². The lowest BCUT2D eigenvalue weighted by Gasteiger charge is -2.03. The molecule has 1 N–H and O–H groups in total. The number of anilines is 1. The summed E-state index contributed by atoms with van der Waals surface area (Å²) in [4.78, 5) is 12.0. The topological polar surface area (TPSA) is 73.1 Å². The highest BCUT2D eigenvalue weighted by Gasteiger charge is 2.02. The van der Waals surface area contributed by atoms with Crippen molar-refractivity contribution in [2.45, 2.75) is 13.5 Å². The molecule has 0 aliphatic rings. The van der Waals surface area contributed by atoms with Gasteiger partial charge in [-0.25, -0.2) is 15.0 Å². The second-order valence-electron chi connectivity index (χ2n) is 3.16. The van der Waals surface area contributed by atoms with Crippen molar-refractivity contribution >= 4 is 5.82 Å². The van der Waals surface area contributed by atoms with Crippen LogP contribution in [0.2, 0.25) is 0 Å². The van der Waals surface area contributed by atoms with Gasteiger partial charge in [0.15, 0.2) is 0 Å². The van der Waals surface area contributed by atoms with Gasteiger partial charge in [0.25, 0.3) is 0 Å². The van der Waals surface area contributed by atoms with Crippen molar-refractivity contribution in [2.75, 3.05) is 12.4 Å². The van der Waals surface area contributed by atoms with E-state index in [-0.39, 0.29) is 0 Å². The number of nitrogens with one attached hydrogen (secondary N) is 1. The first-order valence-corrected chi connectivity index (χ1v) is 4.79. The smallest absolute Gasteiger partial charge is 0.218 e. The predicted octanol–water partition coefficient (Wildman–Crippen LogP) is 1.39. The molecule has 0 saturated heterocycles. The van der Waals surface area contributed by atoms with Gasteiger partial charge >= 0.3 is 0 Å². The number of aromatic nitrogens is 3. The van der Waals surface area contributed by atoms with Crippen LogP contribution in [0.3, 0.4) is 0 Å². The Labute approximate surface area is 92.7 Å². The Morgan fingerprint density at radius 3 is 2.94 bits per heavy atom. The molecule has 2 aromatic rings. The van der Waals surface area contributed by atoms with E-state index in [1.165, 1.54) is 6.33 Å². The first-order valence-electron chi connectivity index (χ1n) is 4.79. The van der Waals surface area contributed by atoms with Crippen LogP contribution in [0.25, 0.3) is 0 Å². The lowest BCUT2D eigenvalue weighted by molar-refractivity contribution is 0.397. The third-order valence-electron chi connectivity index (χ3n) is 1.94. The maximum absolute atomic E-state index is 5.31. The van der Waals surface area contributed by atoms with Crippen molar-refractivity contribution in [1.29, 1.82) is 0 Å². The highest BCUT2D eigenvalue weighted by molar-refractivity contribution is 5.36. The predicted molar refractivity (Wildman–Crippen MR) is 57.2 cm³/mol. The number of nitrogens with zero attached hydrogens (tertiary/aromatic N) is 3. The van der Waals surface area contributed by atoms with Crippen molar-refractivity contribution in [2.24, 2.45) is 0 Å². The number of rotatable bonds is 4. The molecule has 0 spiro atoms. The average molecular weight is 220 g/mol. The number of ether oxygens (including phenoxy) is 1. The van der Waals surface area contributed by atoms with Gasteiger partial charge in [-0.3, -0.25) is 0 Å². The van der Waals surface area contributed by atoms with E-state index in [2.05, 4.69) is 20.3 Å². The molecule has 0 fully saturated rings. The fraction of sp³-hybridized carbons (Fsp3) is 0.300. The summed E-state index contributed by atoms with van der Waals surface area (Å²) in [7, 11) is 1.56. The van der Waals surface area contributed by atoms with E-state index in [9.17, 15) is 0 Å². The molecule has 16 heavy (non-hydrogen) atoms. The summed E-state index contributed by atoms with van der Waals surface area (Å²) < 4.78 is 10.3. The maximum atomic E-state index is 5.31. The quantitative estimate of drug-likeness (QED) is 0.839. The Hall–Kier alpha value is -2.11. The van der Waals surface area contributed by atoms with Crippen molar-refractivity contribution in [1.82, 2.24) is 15.0 Å². The lowest BCUT2D eigenvalue weighted by Crippen LogP contribution is -2.02. The Morgan fingerprint density at radius 2 is 2.25 bits per heavy atom. The van der Waals surface area contributed by atoms with Gasteiger partial charge in [0.1, 0.15) is 17.9 Å². The molecule has 0 amide bonds. The lowest BCUT2D eigenvalue weighted by atomic mass is 10.5. The number of hydrogen-bond donors (Lipinski definition) is 1. The molecular formula is C10H12N4O2. The molecule has 0 bridgehead atoms. The van der Waals surface area contributed by atoms with E-state index in [0.29, 0.717) is 24.1 Å². The normalized spacial score (nSPS) is 10.1. The Morgan fingerprint density at radius 1 is 1.38 bits per heavy atom. The van der Waals surface area contributed by atoms with Crippen molar-refractivity contribution < 1.29 is 9.15 Å². The van der Waals surface area contributed by atoms with E-state index < -0.39 is 0 Å². The largest absolute Gasteiger partial charge is 0.481 e. The standard InChI is InChI=1S/C10H12N4O2/c1-7-4-12-10(16-7)5-11-8-3-9(15-2)14-6-13-8/h3-4,6H,5H2,1-2H3,(H,11,13,14). The second-order valence-corrected chi connectivity index (χ2v) is 3.16. The molecule has 0 aliphatic carbocycles. The summed E-state index contributed by atoms with van der Waals surface area (Å²) in [6, 6.07) is 1.70. The first-order chi connectivity index (χ1) is 7.78. The fourth-order valence-corrected chi connectivity index (χ4v) is 1.20. The van der Waals surface area contributed by atoms with E-state index in [1.807, 2.05) is 6.92 Å². The monoisotopic (exact) mass is 220 g/mol. The molecule has 6 nitrogen and oxygen atoms in total. The molecule has 0 aromatic carbocycles. The van der Waals surface area contributed by atoms with Crippen molar-refractivity contribution in [3.63, 3.8) is 0 Å². The second kappa shape index (κ2) is 4.61. The molecule has 0 aliphatic heterocycles. The summed E-state index contributed by atoms with van der Waals surface area (Å²) in [5, 5.41) is 3.06. The fourth-order valence-electron chi connectivity index (χ4n) is 1.20. The molecule has 2 aromatic heterocycles. The molecule has 84 valence electrons. The highest BCUT2D eigenvalue weighted by atomic mass is 16.5. The van der Waals surface area contributed by atoms with Crippen LogP contribution in [0.4, 0.5) is 5.82 Å². The molecular weight excluding hydrogens is 208 g/mol. The third-order valence-corrected chi connectivity index (χ3v) is 1.94. The van der Waals surface area contributed by atoms with E-state index >= 15 is 0 Å². The summed E-state index contributed by atoms with van der Waals surface area (Å²) >= 11 is 0.